The Balaban J connectivity index is 1.50. The number of hydrogen-bond acceptors (Lipinski definition) is 3. The maximum Gasteiger partial charge on any atom is 0.140 e. The first-order valence-electron chi connectivity index (χ1n) is 11.3. The van der Waals surface area contributed by atoms with Crippen molar-refractivity contribution in [2.24, 2.45) is 7.05 Å². The van der Waals surface area contributed by atoms with Gasteiger partial charge in [-0.05, 0) is 60.7 Å². The van der Waals surface area contributed by atoms with Gasteiger partial charge < -0.3 is 9.13 Å². The van der Waals surface area contributed by atoms with E-state index in [1.54, 1.807) is 0 Å². The fourth-order valence-electron chi connectivity index (χ4n) is 4.35. The van der Waals surface area contributed by atoms with Crippen LogP contribution in [0.15, 0.2) is 122 Å². The molecule has 0 spiro atoms. The summed E-state index contributed by atoms with van der Waals surface area (Å²) in [4.78, 5) is 12.1. The topological polar surface area (TPSA) is 38.9 Å². The van der Waals surface area contributed by atoms with Gasteiger partial charge in [-0.15, -0.1) is 0 Å². The zero-order chi connectivity index (χ0) is 22.9. The highest BCUT2D eigenvalue weighted by molar-refractivity contribution is 5.82. The highest BCUT2D eigenvalue weighted by Gasteiger charge is 2.17. The largest absolute Gasteiger partial charge is 0.327 e. The summed E-state index contributed by atoms with van der Waals surface area (Å²) in [6.45, 7) is 0. The maximum atomic E-state index is 4.99. The lowest BCUT2D eigenvalue weighted by atomic mass is 10.1. The summed E-state index contributed by atoms with van der Waals surface area (Å²) >= 11 is 0. The average Bonchev–Trinajstić information content (AvgIpc) is 3.54. The minimum absolute atomic E-state index is 0.847. The van der Waals surface area contributed by atoms with Crippen LogP contribution in [0.3, 0.4) is 0 Å². The monoisotopic (exact) mass is 441 g/mol. The Hall–Kier alpha value is -4.64. The average molecular weight is 442 g/mol. The molecule has 0 saturated carbocycles. The van der Waals surface area contributed by atoms with Crippen LogP contribution in [-0.2, 0) is 7.05 Å². The Morgan fingerprint density at radius 3 is 2.21 bits per heavy atom. The van der Waals surface area contributed by atoms with Gasteiger partial charge in [0.15, 0.2) is 0 Å². The molecule has 0 atom stereocenters. The third-order valence-electron chi connectivity index (χ3n) is 5.98. The number of aromatic nitrogens is 4. The number of fused-ring (bicyclic) bond motifs is 1. The van der Waals surface area contributed by atoms with E-state index in [4.69, 9.17) is 9.97 Å². The summed E-state index contributed by atoms with van der Waals surface area (Å²) < 4.78 is 4.16. The van der Waals surface area contributed by atoms with Crippen molar-refractivity contribution in [1.29, 1.82) is 0 Å². The smallest absolute Gasteiger partial charge is 0.140 e. The molecule has 6 aromatic rings. The number of imidazole rings is 1. The standard InChI is InChI=1S/C29H23N5/c1-32-26-16-6-5-15-25(26)30-29(32)22-11-9-14-24(21-22)34(23-12-3-2-4-13-23)28-18-10-17-27(31-28)33-19-7-8-20-33/h2-21H,1H3. The molecule has 34 heavy (non-hydrogen) atoms. The lowest BCUT2D eigenvalue weighted by Gasteiger charge is -2.25. The molecule has 0 amide bonds. The fourth-order valence-corrected chi connectivity index (χ4v) is 4.35. The molecule has 0 aliphatic rings. The zero-order valence-electron chi connectivity index (χ0n) is 18.8. The van der Waals surface area contributed by atoms with Crippen LogP contribution in [0.2, 0.25) is 0 Å². The van der Waals surface area contributed by atoms with E-state index in [-0.39, 0.29) is 0 Å². The van der Waals surface area contributed by atoms with Crippen molar-refractivity contribution in [2.75, 3.05) is 4.90 Å². The van der Waals surface area contributed by atoms with E-state index in [1.165, 1.54) is 0 Å². The van der Waals surface area contributed by atoms with Crippen LogP contribution >= 0.6 is 0 Å². The molecule has 0 radical (unpaired) electrons. The first-order chi connectivity index (χ1) is 16.8. The van der Waals surface area contributed by atoms with E-state index in [9.17, 15) is 0 Å². The summed E-state index contributed by atoms with van der Waals surface area (Å²) in [5.74, 6) is 2.65. The van der Waals surface area contributed by atoms with Gasteiger partial charge in [0.2, 0.25) is 0 Å². The van der Waals surface area contributed by atoms with E-state index in [1.807, 2.05) is 77.6 Å². The first kappa shape index (κ1) is 20.0. The van der Waals surface area contributed by atoms with Crippen molar-refractivity contribution in [3.8, 4) is 17.2 Å². The number of hydrogen-bond donors (Lipinski definition) is 0. The molecule has 0 N–H and O–H groups in total. The van der Waals surface area contributed by atoms with Gasteiger partial charge in [0, 0.05) is 36.4 Å². The number of rotatable bonds is 5. The van der Waals surface area contributed by atoms with Gasteiger partial charge in [-0.1, -0.05) is 48.5 Å². The second-order valence-electron chi connectivity index (χ2n) is 8.15. The first-order valence-corrected chi connectivity index (χ1v) is 11.3. The van der Waals surface area contributed by atoms with Crippen LogP contribution in [0.4, 0.5) is 17.2 Å². The molecule has 3 aromatic heterocycles. The number of nitrogens with zero attached hydrogens (tertiary/aromatic N) is 5. The van der Waals surface area contributed by atoms with Gasteiger partial charge in [0.25, 0.3) is 0 Å². The van der Waals surface area contributed by atoms with Gasteiger partial charge in [-0.2, -0.15) is 0 Å². The minimum atomic E-state index is 0.847. The highest BCUT2D eigenvalue weighted by atomic mass is 15.2. The van der Waals surface area contributed by atoms with E-state index in [0.717, 1.165) is 45.4 Å². The molecule has 164 valence electrons. The van der Waals surface area contributed by atoms with Crippen LogP contribution in [0.1, 0.15) is 0 Å². The minimum Gasteiger partial charge on any atom is -0.327 e. The van der Waals surface area contributed by atoms with Crippen molar-refractivity contribution in [3.63, 3.8) is 0 Å². The van der Waals surface area contributed by atoms with Gasteiger partial charge in [0.05, 0.1) is 11.0 Å². The summed E-state index contributed by atoms with van der Waals surface area (Å²) in [6, 6.07) is 37.1. The number of pyridine rings is 1. The van der Waals surface area contributed by atoms with Crippen LogP contribution in [0, 0.1) is 0 Å². The molecule has 5 heteroatoms. The van der Waals surface area contributed by atoms with E-state index < -0.39 is 0 Å². The molecular weight excluding hydrogens is 418 g/mol. The van der Waals surface area contributed by atoms with Gasteiger partial charge in [-0.25, -0.2) is 9.97 Å². The molecule has 5 nitrogen and oxygen atoms in total. The summed E-state index contributed by atoms with van der Waals surface area (Å²) in [6.07, 6.45) is 4.01. The summed E-state index contributed by atoms with van der Waals surface area (Å²) in [5, 5.41) is 0. The molecule has 0 saturated heterocycles. The molecule has 0 fully saturated rings. The van der Waals surface area contributed by atoms with Crippen LogP contribution < -0.4 is 4.90 Å². The van der Waals surface area contributed by atoms with Gasteiger partial charge >= 0.3 is 0 Å². The summed E-state index contributed by atoms with van der Waals surface area (Å²) in [7, 11) is 2.06. The van der Waals surface area contributed by atoms with Gasteiger partial charge in [0.1, 0.15) is 17.5 Å². The van der Waals surface area contributed by atoms with E-state index >= 15 is 0 Å². The van der Waals surface area contributed by atoms with E-state index in [2.05, 4.69) is 65.0 Å². The molecule has 0 aliphatic carbocycles. The number of anilines is 3. The maximum absolute atomic E-state index is 4.99. The molecular formula is C29H23N5. The highest BCUT2D eigenvalue weighted by Crippen LogP contribution is 2.36. The van der Waals surface area contributed by atoms with Crippen molar-refractivity contribution in [3.05, 3.63) is 122 Å². The van der Waals surface area contributed by atoms with Crippen molar-refractivity contribution in [1.82, 2.24) is 19.1 Å². The molecule has 3 heterocycles. The fraction of sp³-hybridized carbons (Fsp3) is 0.0345. The van der Waals surface area contributed by atoms with Gasteiger partial charge in [-0.3, -0.25) is 4.90 Å². The van der Waals surface area contributed by atoms with Crippen LogP contribution in [0.5, 0.6) is 0 Å². The molecule has 0 aliphatic heterocycles. The second kappa shape index (κ2) is 8.37. The third-order valence-corrected chi connectivity index (χ3v) is 5.98. The Bertz CT molecular complexity index is 1570. The second-order valence-corrected chi connectivity index (χ2v) is 8.15. The quantitative estimate of drug-likeness (QED) is 0.292. The third kappa shape index (κ3) is 3.53. The number of benzene rings is 3. The predicted octanol–water partition coefficient (Wildman–Crippen LogP) is 6.90. The molecule has 6 rings (SSSR count). The Morgan fingerprint density at radius 2 is 1.38 bits per heavy atom. The van der Waals surface area contributed by atoms with E-state index in [0.29, 0.717) is 0 Å². The molecule has 0 unspecified atom stereocenters. The van der Waals surface area contributed by atoms with Crippen molar-refractivity contribution < 1.29 is 0 Å². The molecule has 3 aromatic carbocycles. The number of para-hydroxylation sites is 3. The molecule has 0 bridgehead atoms. The summed E-state index contributed by atoms with van der Waals surface area (Å²) in [5.41, 5.74) is 5.23. The normalized spacial score (nSPS) is 11.1. The number of aryl methyl sites for hydroxylation is 1. The lowest BCUT2D eigenvalue weighted by molar-refractivity contribution is 0.959. The van der Waals surface area contributed by atoms with Crippen LogP contribution in [-0.4, -0.2) is 19.1 Å². The predicted molar refractivity (Wildman–Crippen MR) is 138 cm³/mol. The SMILES string of the molecule is Cn1c(-c2cccc(N(c3ccccc3)c3cccc(-n4cccc4)n3)c2)nc2ccccc21. The zero-order valence-corrected chi connectivity index (χ0v) is 18.8. The Kier molecular flexibility index (Phi) is 4.92. The van der Waals surface area contributed by atoms with Crippen molar-refractivity contribution >= 4 is 28.2 Å². The van der Waals surface area contributed by atoms with Crippen LogP contribution in [0.25, 0.3) is 28.2 Å². The lowest BCUT2D eigenvalue weighted by Crippen LogP contribution is -2.12. The van der Waals surface area contributed by atoms with Crippen molar-refractivity contribution in [2.45, 2.75) is 0 Å². The Labute approximate surface area is 198 Å². The Morgan fingerprint density at radius 1 is 0.647 bits per heavy atom.